The fraction of sp³-hybridized carbons (Fsp3) is 0.400. The van der Waals surface area contributed by atoms with Gasteiger partial charge in [-0.25, -0.2) is 0 Å². The molecule has 1 aromatic carbocycles. The molecule has 0 aliphatic heterocycles. The number of nitrogens with one attached hydrogen (secondary N) is 1. The molecule has 0 amide bonds. The Morgan fingerprint density at radius 3 is 2.89 bits per heavy atom. The van der Waals surface area contributed by atoms with Crippen molar-refractivity contribution in [1.82, 2.24) is 15.2 Å². The van der Waals surface area contributed by atoms with Gasteiger partial charge in [-0.3, -0.25) is 4.98 Å². The van der Waals surface area contributed by atoms with Crippen molar-refractivity contribution in [2.45, 2.75) is 6.04 Å². The zero-order valence-electron chi connectivity index (χ0n) is 11.5. The summed E-state index contributed by atoms with van der Waals surface area (Å²) in [6.07, 6.45) is 1.79. The summed E-state index contributed by atoms with van der Waals surface area (Å²) in [4.78, 5) is 6.42. The lowest BCUT2D eigenvalue weighted by Crippen LogP contribution is -2.31. The molecule has 0 saturated carbocycles. The summed E-state index contributed by atoms with van der Waals surface area (Å²) in [5.74, 6) is 0. The van der Waals surface area contributed by atoms with Gasteiger partial charge in [-0.15, -0.1) is 0 Å². The summed E-state index contributed by atoms with van der Waals surface area (Å²) in [6, 6.07) is 10.1. The van der Waals surface area contributed by atoms with Gasteiger partial charge in [0.15, 0.2) is 0 Å². The van der Waals surface area contributed by atoms with E-state index in [2.05, 4.69) is 21.3 Å². The minimum Gasteiger partial charge on any atom is -0.394 e. The lowest BCUT2D eigenvalue weighted by atomic mass is 10.0. The molecule has 0 fully saturated rings. The average Bonchev–Trinajstić information content (AvgIpc) is 2.43. The van der Waals surface area contributed by atoms with Crippen LogP contribution in [0.4, 0.5) is 0 Å². The second-order valence-electron chi connectivity index (χ2n) is 4.95. The van der Waals surface area contributed by atoms with Gasteiger partial charge in [0.1, 0.15) is 0 Å². The topological polar surface area (TPSA) is 48.4 Å². The number of nitrogens with zero attached hydrogens (tertiary/aromatic N) is 2. The van der Waals surface area contributed by atoms with Gasteiger partial charge in [0.2, 0.25) is 0 Å². The smallest absolute Gasteiger partial charge is 0.0702 e. The van der Waals surface area contributed by atoms with Crippen molar-refractivity contribution in [3.05, 3.63) is 42.1 Å². The molecule has 0 aliphatic rings. The quantitative estimate of drug-likeness (QED) is 0.823. The second kappa shape index (κ2) is 6.61. The highest BCUT2D eigenvalue weighted by atomic mass is 16.3. The maximum atomic E-state index is 9.53. The van der Waals surface area contributed by atoms with E-state index in [0.29, 0.717) is 0 Å². The van der Waals surface area contributed by atoms with Crippen LogP contribution in [0.1, 0.15) is 11.6 Å². The van der Waals surface area contributed by atoms with E-state index in [1.54, 1.807) is 6.20 Å². The Hall–Kier alpha value is -1.49. The van der Waals surface area contributed by atoms with Crippen LogP contribution >= 0.6 is 0 Å². The summed E-state index contributed by atoms with van der Waals surface area (Å²) in [6.45, 7) is 1.90. The molecule has 1 aromatic heterocycles. The third-order valence-corrected chi connectivity index (χ3v) is 3.16. The Bertz CT molecular complexity index is 528. The van der Waals surface area contributed by atoms with Crippen LogP contribution in [0.15, 0.2) is 36.5 Å². The number of fused-ring (bicyclic) bond motifs is 1. The Balaban J connectivity index is 2.11. The van der Waals surface area contributed by atoms with Gasteiger partial charge >= 0.3 is 0 Å². The van der Waals surface area contributed by atoms with Crippen LogP contribution in [0.5, 0.6) is 0 Å². The second-order valence-corrected chi connectivity index (χ2v) is 4.95. The SMILES string of the molecule is CN(C)CCNC(CO)c1ccc2ncccc2c1. The number of likely N-dealkylation sites (N-methyl/N-ethyl adjacent to an activating group) is 1. The van der Waals surface area contributed by atoms with E-state index in [1.165, 1.54) is 0 Å². The fourth-order valence-electron chi connectivity index (χ4n) is 2.06. The summed E-state index contributed by atoms with van der Waals surface area (Å²) < 4.78 is 0. The first kappa shape index (κ1) is 13.9. The van der Waals surface area contributed by atoms with Crippen LogP contribution in [0.2, 0.25) is 0 Å². The fourth-order valence-corrected chi connectivity index (χ4v) is 2.06. The number of hydrogen-bond donors (Lipinski definition) is 2. The van der Waals surface area contributed by atoms with Gasteiger partial charge in [0.05, 0.1) is 18.2 Å². The molecular weight excluding hydrogens is 238 g/mol. The number of pyridine rings is 1. The first-order chi connectivity index (χ1) is 9.20. The van der Waals surface area contributed by atoms with E-state index in [-0.39, 0.29) is 12.6 Å². The molecule has 1 atom stereocenters. The normalized spacial score (nSPS) is 13.1. The van der Waals surface area contributed by atoms with Gasteiger partial charge < -0.3 is 15.3 Å². The standard InChI is InChI=1S/C15H21N3O/c1-18(2)9-8-17-15(11-19)13-5-6-14-12(10-13)4-3-7-16-14/h3-7,10,15,17,19H,8-9,11H2,1-2H3. The van der Waals surface area contributed by atoms with Crippen LogP contribution in [-0.2, 0) is 0 Å². The Kier molecular flexibility index (Phi) is 4.85. The molecule has 0 radical (unpaired) electrons. The van der Waals surface area contributed by atoms with Crippen molar-refractivity contribution < 1.29 is 5.11 Å². The van der Waals surface area contributed by atoms with Crippen molar-refractivity contribution in [2.24, 2.45) is 0 Å². The summed E-state index contributed by atoms with van der Waals surface area (Å²) in [7, 11) is 4.08. The zero-order valence-corrected chi connectivity index (χ0v) is 11.5. The van der Waals surface area contributed by atoms with Crippen molar-refractivity contribution in [3.8, 4) is 0 Å². The van der Waals surface area contributed by atoms with Crippen molar-refractivity contribution in [1.29, 1.82) is 0 Å². The highest BCUT2D eigenvalue weighted by molar-refractivity contribution is 5.79. The Labute approximate surface area is 114 Å². The third kappa shape index (κ3) is 3.73. The van der Waals surface area contributed by atoms with Gasteiger partial charge in [0, 0.05) is 24.7 Å². The largest absolute Gasteiger partial charge is 0.394 e. The molecule has 2 N–H and O–H groups in total. The molecule has 0 aliphatic carbocycles. The molecule has 1 unspecified atom stereocenters. The molecule has 0 saturated heterocycles. The predicted octanol–water partition coefficient (Wildman–Crippen LogP) is 1.42. The number of aliphatic hydroxyl groups is 1. The van der Waals surface area contributed by atoms with E-state index >= 15 is 0 Å². The van der Waals surface area contributed by atoms with Crippen LogP contribution in [0, 0.1) is 0 Å². The van der Waals surface area contributed by atoms with E-state index in [1.807, 2.05) is 38.4 Å². The molecule has 19 heavy (non-hydrogen) atoms. The van der Waals surface area contributed by atoms with Crippen LogP contribution < -0.4 is 5.32 Å². The molecule has 2 rings (SSSR count). The van der Waals surface area contributed by atoms with E-state index in [4.69, 9.17) is 0 Å². The van der Waals surface area contributed by atoms with Crippen LogP contribution in [0.25, 0.3) is 10.9 Å². The highest BCUT2D eigenvalue weighted by Gasteiger charge is 2.10. The maximum Gasteiger partial charge on any atom is 0.0702 e. The van der Waals surface area contributed by atoms with Gasteiger partial charge in [0.25, 0.3) is 0 Å². The van der Waals surface area contributed by atoms with E-state index < -0.39 is 0 Å². The molecule has 0 spiro atoms. The molecule has 2 aromatic rings. The lowest BCUT2D eigenvalue weighted by molar-refractivity contribution is 0.240. The highest BCUT2D eigenvalue weighted by Crippen LogP contribution is 2.18. The van der Waals surface area contributed by atoms with Crippen LogP contribution in [-0.4, -0.2) is 48.8 Å². The van der Waals surface area contributed by atoms with Crippen LogP contribution in [0.3, 0.4) is 0 Å². The summed E-state index contributed by atoms with van der Waals surface area (Å²) in [5.41, 5.74) is 2.08. The molecule has 1 heterocycles. The van der Waals surface area contributed by atoms with E-state index in [9.17, 15) is 5.11 Å². The number of aliphatic hydroxyl groups excluding tert-OH is 1. The van der Waals surface area contributed by atoms with Crippen molar-refractivity contribution in [3.63, 3.8) is 0 Å². The molecule has 4 nitrogen and oxygen atoms in total. The minimum absolute atomic E-state index is 0.0236. The maximum absolute atomic E-state index is 9.53. The number of hydrogen-bond acceptors (Lipinski definition) is 4. The average molecular weight is 259 g/mol. The lowest BCUT2D eigenvalue weighted by Gasteiger charge is -2.18. The van der Waals surface area contributed by atoms with Crippen molar-refractivity contribution in [2.75, 3.05) is 33.8 Å². The predicted molar refractivity (Wildman–Crippen MR) is 78.1 cm³/mol. The zero-order chi connectivity index (χ0) is 13.7. The first-order valence-corrected chi connectivity index (χ1v) is 6.54. The number of benzene rings is 1. The monoisotopic (exact) mass is 259 g/mol. The summed E-state index contributed by atoms with van der Waals surface area (Å²) in [5, 5.41) is 14.0. The molecular formula is C15H21N3O. The molecule has 4 heteroatoms. The first-order valence-electron chi connectivity index (χ1n) is 6.54. The van der Waals surface area contributed by atoms with Gasteiger partial charge in [-0.05, 0) is 37.9 Å². The molecule has 102 valence electrons. The van der Waals surface area contributed by atoms with E-state index in [0.717, 1.165) is 29.6 Å². The minimum atomic E-state index is -0.0236. The van der Waals surface area contributed by atoms with Gasteiger partial charge in [-0.2, -0.15) is 0 Å². The summed E-state index contributed by atoms with van der Waals surface area (Å²) >= 11 is 0. The molecule has 0 bridgehead atoms. The third-order valence-electron chi connectivity index (χ3n) is 3.16. The Morgan fingerprint density at radius 2 is 2.16 bits per heavy atom. The Morgan fingerprint density at radius 1 is 1.32 bits per heavy atom. The van der Waals surface area contributed by atoms with Gasteiger partial charge in [-0.1, -0.05) is 12.1 Å². The number of aromatic nitrogens is 1. The van der Waals surface area contributed by atoms with Crippen molar-refractivity contribution >= 4 is 10.9 Å². The number of rotatable bonds is 6.